The van der Waals surface area contributed by atoms with Gasteiger partial charge < -0.3 is 5.11 Å². The van der Waals surface area contributed by atoms with E-state index in [1.54, 1.807) is 0 Å². The van der Waals surface area contributed by atoms with Crippen molar-refractivity contribution in [3.05, 3.63) is 27.7 Å². The zero-order valence-electron chi connectivity index (χ0n) is 5.74. The molecule has 0 radical (unpaired) electrons. The average molecular weight is 224 g/mol. The number of hydrogen-bond donors (Lipinski definition) is 2. The first kappa shape index (κ1) is 9.65. The normalized spacial score (nSPS) is 9.92. The number of phenolic OH excluding ortho intramolecular Hbond substituents is 1. The molecule has 0 amide bonds. The predicted molar refractivity (Wildman–Crippen MR) is 50.8 cm³/mol. The highest BCUT2D eigenvalue weighted by Gasteiger charge is 2.12. The maximum Gasteiger partial charge on any atom is 0.135 e. The molecular weight excluding hydrogens is 220 g/mol. The Kier molecular flexibility index (Phi) is 2.83. The van der Waals surface area contributed by atoms with Crippen molar-refractivity contribution < 1.29 is 5.11 Å². The fraction of sp³-hybridized carbons (Fsp3) is 0. The molecule has 1 aromatic rings. The second-order valence-electron chi connectivity index (χ2n) is 2.07. The molecule has 0 aliphatic carbocycles. The van der Waals surface area contributed by atoms with E-state index in [9.17, 15) is 0 Å². The fourth-order valence-electron chi connectivity index (χ4n) is 0.743. The van der Waals surface area contributed by atoms with E-state index in [2.05, 4.69) is 0 Å². The summed E-state index contributed by atoms with van der Waals surface area (Å²) in [5.41, 5.74) is 0.153. The van der Waals surface area contributed by atoms with Crippen molar-refractivity contribution >= 4 is 40.0 Å². The molecule has 0 aliphatic heterocycles. The molecule has 12 heavy (non-hydrogen) atoms. The predicted octanol–water partition coefficient (Wildman–Crippen LogP) is 3.26. The zero-order chi connectivity index (χ0) is 9.30. The lowest BCUT2D eigenvalue weighted by molar-refractivity contribution is 0.475. The summed E-state index contributed by atoms with van der Waals surface area (Å²) in [7, 11) is 0. The van der Waals surface area contributed by atoms with Gasteiger partial charge in [-0.25, -0.2) is 0 Å². The maximum atomic E-state index is 9.13. The molecule has 0 saturated carbocycles. The summed E-state index contributed by atoms with van der Waals surface area (Å²) in [4.78, 5) is 0. The van der Waals surface area contributed by atoms with Gasteiger partial charge in [0.1, 0.15) is 10.9 Å². The highest BCUT2D eigenvalue weighted by atomic mass is 35.5. The van der Waals surface area contributed by atoms with Crippen LogP contribution in [0.5, 0.6) is 5.75 Å². The Balaban J connectivity index is 3.43. The van der Waals surface area contributed by atoms with E-state index in [1.165, 1.54) is 12.1 Å². The second-order valence-corrected chi connectivity index (χ2v) is 3.23. The molecule has 1 rings (SSSR count). The second kappa shape index (κ2) is 3.52. The molecule has 5 heteroatoms. The van der Waals surface area contributed by atoms with Crippen LogP contribution in [0.15, 0.2) is 12.1 Å². The van der Waals surface area contributed by atoms with Gasteiger partial charge in [0.05, 0.1) is 15.6 Å². The van der Waals surface area contributed by atoms with Gasteiger partial charge in [-0.2, -0.15) is 0 Å². The Morgan fingerprint density at radius 2 is 1.92 bits per heavy atom. The fourth-order valence-corrected chi connectivity index (χ4v) is 1.60. The molecule has 1 aromatic carbocycles. The van der Waals surface area contributed by atoms with Gasteiger partial charge in [0.25, 0.3) is 0 Å². The van der Waals surface area contributed by atoms with E-state index < -0.39 is 0 Å². The van der Waals surface area contributed by atoms with Crippen LogP contribution in [0, 0.1) is 5.41 Å². The van der Waals surface area contributed by atoms with Crippen LogP contribution in [-0.4, -0.2) is 10.3 Å². The largest absolute Gasteiger partial charge is 0.506 e. The molecule has 2 nitrogen and oxygen atoms in total. The minimum Gasteiger partial charge on any atom is -0.506 e. The van der Waals surface area contributed by atoms with Gasteiger partial charge in [0, 0.05) is 0 Å². The van der Waals surface area contributed by atoms with Gasteiger partial charge in [-0.05, 0) is 12.1 Å². The molecule has 0 fully saturated rings. The van der Waals surface area contributed by atoms with Crippen molar-refractivity contribution in [1.29, 1.82) is 5.41 Å². The summed E-state index contributed by atoms with van der Waals surface area (Å²) in [6.07, 6.45) is 0. The third-order valence-electron chi connectivity index (χ3n) is 1.29. The molecule has 0 bridgehead atoms. The van der Waals surface area contributed by atoms with Gasteiger partial charge in [0.2, 0.25) is 0 Å². The Labute approximate surface area is 84.2 Å². The molecule has 0 saturated heterocycles. The minimum atomic E-state index is -0.291. The van der Waals surface area contributed by atoms with Gasteiger partial charge >= 0.3 is 0 Å². The van der Waals surface area contributed by atoms with E-state index in [-0.39, 0.29) is 26.5 Å². The first-order chi connectivity index (χ1) is 5.54. The summed E-state index contributed by atoms with van der Waals surface area (Å²) < 4.78 is 0. The minimum absolute atomic E-state index is 0.00231. The van der Waals surface area contributed by atoms with Crippen LogP contribution in [0.1, 0.15) is 5.56 Å². The number of aromatic hydroxyl groups is 1. The molecule has 0 atom stereocenters. The molecular formula is C7H4Cl3NO. The van der Waals surface area contributed by atoms with E-state index >= 15 is 0 Å². The highest BCUT2D eigenvalue weighted by molar-refractivity contribution is 6.70. The quantitative estimate of drug-likeness (QED) is 0.707. The smallest absolute Gasteiger partial charge is 0.135 e. The lowest BCUT2D eigenvalue weighted by Crippen LogP contribution is -1.91. The summed E-state index contributed by atoms with van der Waals surface area (Å²) in [5.74, 6) is -0.138. The van der Waals surface area contributed by atoms with Crippen molar-refractivity contribution in [3.8, 4) is 5.75 Å². The first-order valence-electron chi connectivity index (χ1n) is 2.95. The third kappa shape index (κ3) is 1.66. The van der Waals surface area contributed by atoms with Crippen molar-refractivity contribution in [3.63, 3.8) is 0 Å². The van der Waals surface area contributed by atoms with Crippen molar-refractivity contribution in [2.24, 2.45) is 0 Å². The molecule has 2 N–H and O–H groups in total. The summed E-state index contributed by atoms with van der Waals surface area (Å²) >= 11 is 16.7. The number of benzene rings is 1. The van der Waals surface area contributed by atoms with E-state index in [4.69, 9.17) is 45.3 Å². The lowest BCUT2D eigenvalue weighted by atomic mass is 10.2. The molecule has 0 spiro atoms. The number of halogens is 3. The zero-order valence-corrected chi connectivity index (χ0v) is 8.00. The number of nitrogens with one attached hydrogen (secondary N) is 1. The van der Waals surface area contributed by atoms with E-state index in [0.29, 0.717) is 0 Å². The van der Waals surface area contributed by atoms with Crippen LogP contribution < -0.4 is 0 Å². The van der Waals surface area contributed by atoms with Gasteiger partial charge in [0.15, 0.2) is 0 Å². The molecule has 64 valence electrons. The summed E-state index contributed by atoms with van der Waals surface area (Å²) in [6, 6.07) is 2.77. The van der Waals surface area contributed by atoms with Gasteiger partial charge in [-0.15, -0.1) is 0 Å². The lowest BCUT2D eigenvalue weighted by Gasteiger charge is -2.04. The van der Waals surface area contributed by atoms with Gasteiger partial charge in [-0.3, -0.25) is 5.41 Å². The van der Waals surface area contributed by atoms with Crippen molar-refractivity contribution in [2.75, 3.05) is 0 Å². The molecule has 0 aliphatic rings. The number of phenols is 1. The Bertz CT molecular complexity index is 338. The van der Waals surface area contributed by atoms with Gasteiger partial charge in [-0.1, -0.05) is 34.8 Å². The number of hydrogen-bond acceptors (Lipinski definition) is 2. The van der Waals surface area contributed by atoms with Crippen LogP contribution in [0.2, 0.25) is 10.0 Å². The SMILES string of the molecule is N=C(Cl)c1c(Cl)ccc(O)c1Cl. The highest BCUT2D eigenvalue weighted by Crippen LogP contribution is 2.33. The van der Waals surface area contributed by atoms with Crippen molar-refractivity contribution in [1.82, 2.24) is 0 Å². The topological polar surface area (TPSA) is 44.1 Å². The molecule has 0 aromatic heterocycles. The van der Waals surface area contributed by atoms with Crippen LogP contribution in [-0.2, 0) is 0 Å². The Morgan fingerprint density at radius 3 is 2.33 bits per heavy atom. The van der Waals surface area contributed by atoms with E-state index in [1.807, 2.05) is 0 Å². The monoisotopic (exact) mass is 223 g/mol. The third-order valence-corrected chi connectivity index (χ3v) is 2.18. The van der Waals surface area contributed by atoms with Crippen LogP contribution in [0.4, 0.5) is 0 Å². The standard InChI is InChI=1S/C7H4Cl3NO/c8-3-1-2-4(12)6(9)5(3)7(10)11/h1-2,11-12H. The number of rotatable bonds is 1. The maximum absolute atomic E-state index is 9.13. The summed E-state index contributed by atoms with van der Waals surface area (Å²) in [5, 5.41) is 16.2. The molecule has 0 unspecified atom stereocenters. The first-order valence-corrected chi connectivity index (χ1v) is 4.09. The van der Waals surface area contributed by atoms with Crippen LogP contribution in [0.3, 0.4) is 0 Å². The van der Waals surface area contributed by atoms with E-state index in [0.717, 1.165) is 0 Å². The van der Waals surface area contributed by atoms with Crippen molar-refractivity contribution in [2.45, 2.75) is 0 Å². The average Bonchev–Trinajstić information content (AvgIpc) is 1.97. The van der Waals surface area contributed by atoms with Crippen LogP contribution in [0.25, 0.3) is 0 Å². The van der Waals surface area contributed by atoms with Crippen LogP contribution >= 0.6 is 34.8 Å². The Morgan fingerprint density at radius 1 is 1.33 bits per heavy atom. The Hall–Kier alpha value is -0.440. The molecule has 0 heterocycles. The summed E-state index contributed by atoms with van der Waals surface area (Å²) in [6.45, 7) is 0.